The molecule has 0 aliphatic carbocycles. The summed E-state index contributed by atoms with van der Waals surface area (Å²) in [7, 11) is 0. The summed E-state index contributed by atoms with van der Waals surface area (Å²) in [5.41, 5.74) is 0.440. The molecule has 0 radical (unpaired) electrons. The van der Waals surface area contributed by atoms with E-state index in [4.69, 9.17) is 0 Å². The third-order valence-electron chi connectivity index (χ3n) is 2.40. The Hall–Kier alpha value is -0.0400. The predicted molar refractivity (Wildman–Crippen MR) is 58.8 cm³/mol. The largest absolute Gasteiger partial charge is 0.393 e. The minimum atomic E-state index is -0.158. The lowest BCUT2D eigenvalue weighted by Gasteiger charge is -2.27. The lowest BCUT2D eigenvalue weighted by atomic mass is 9.83. The van der Waals surface area contributed by atoms with Crippen LogP contribution in [0.4, 0.5) is 0 Å². The summed E-state index contributed by atoms with van der Waals surface area (Å²) in [5.74, 6) is 0. The number of hydrogen-bond acceptors (Lipinski definition) is 1. The summed E-state index contributed by atoms with van der Waals surface area (Å²) >= 11 is 0. The summed E-state index contributed by atoms with van der Waals surface area (Å²) in [5, 5.41) is 9.78. The second-order valence-corrected chi connectivity index (χ2v) is 6.33. The topological polar surface area (TPSA) is 20.2 Å². The van der Waals surface area contributed by atoms with Crippen molar-refractivity contribution in [3.63, 3.8) is 0 Å². The van der Waals surface area contributed by atoms with Gasteiger partial charge in [0.1, 0.15) is 0 Å². The molecule has 0 spiro atoms. The van der Waals surface area contributed by atoms with Gasteiger partial charge in [-0.1, -0.05) is 48.0 Å². The average molecular weight is 186 g/mol. The molecule has 80 valence electrons. The standard InChI is InChI=1S/C12H26O/c1-11(2,3)9-7-8-10(13)12(4,5)6/h10,13H,7-9H2,1-6H3. The van der Waals surface area contributed by atoms with Crippen LogP contribution in [-0.4, -0.2) is 11.2 Å². The van der Waals surface area contributed by atoms with Gasteiger partial charge in [-0.15, -0.1) is 0 Å². The molecule has 0 aliphatic heterocycles. The first-order valence-electron chi connectivity index (χ1n) is 5.31. The highest BCUT2D eigenvalue weighted by atomic mass is 16.3. The fourth-order valence-electron chi connectivity index (χ4n) is 1.26. The maximum atomic E-state index is 9.78. The first-order chi connectivity index (χ1) is 5.63. The van der Waals surface area contributed by atoms with Crippen molar-refractivity contribution in [1.29, 1.82) is 0 Å². The third kappa shape index (κ3) is 7.06. The Morgan fingerprint density at radius 1 is 1.00 bits per heavy atom. The zero-order chi connectivity index (χ0) is 10.7. The summed E-state index contributed by atoms with van der Waals surface area (Å²) in [4.78, 5) is 0. The average Bonchev–Trinajstić information content (AvgIpc) is 1.82. The molecule has 1 N–H and O–H groups in total. The molecule has 0 amide bonds. The molecule has 0 rings (SSSR count). The van der Waals surface area contributed by atoms with E-state index in [0.717, 1.165) is 12.8 Å². The van der Waals surface area contributed by atoms with Crippen LogP contribution in [0.5, 0.6) is 0 Å². The van der Waals surface area contributed by atoms with Gasteiger partial charge in [0.05, 0.1) is 6.10 Å². The van der Waals surface area contributed by atoms with Crippen molar-refractivity contribution in [2.75, 3.05) is 0 Å². The maximum Gasteiger partial charge on any atom is 0.0588 e. The minimum absolute atomic E-state index is 0.0396. The van der Waals surface area contributed by atoms with Gasteiger partial charge in [-0.25, -0.2) is 0 Å². The lowest BCUT2D eigenvalue weighted by Crippen LogP contribution is -2.26. The highest BCUT2D eigenvalue weighted by molar-refractivity contribution is 4.73. The molecule has 1 heteroatoms. The fourth-order valence-corrected chi connectivity index (χ4v) is 1.26. The summed E-state index contributed by atoms with van der Waals surface area (Å²) in [6.45, 7) is 13.0. The molecule has 0 bridgehead atoms. The van der Waals surface area contributed by atoms with Crippen molar-refractivity contribution in [3.05, 3.63) is 0 Å². The Morgan fingerprint density at radius 3 is 1.77 bits per heavy atom. The van der Waals surface area contributed by atoms with Crippen molar-refractivity contribution >= 4 is 0 Å². The maximum absolute atomic E-state index is 9.78. The monoisotopic (exact) mass is 186 g/mol. The molecule has 1 unspecified atom stereocenters. The first kappa shape index (κ1) is 13.0. The molecule has 1 atom stereocenters. The Bertz CT molecular complexity index is 136. The molecular formula is C12H26O. The minimum Gasteiger partial charge on any atom is -0.393 e. The number of aliphatic hydroxyl groups excluding tert-OH is 1. The van der Waals surface area contributed by atoms with E-state index in [2.05, 4.69) is 41.5 Å². The van der Waals surface area contributed by atoms with E-state index in [1.165, 1.54) is 6.42 Å². The second kappa shape index (κ2) is 4.45. The fraction of sp³-hybridized carbons (Fsp3) is 1.00. The van der Waals surface area contributed by atoms with E-state index < -0.39 is 0 Å². The van der Waals surface area contributed by atoms with Crippen LogP contribution in [0, 0.1) is 10.8 Å². The van der Waals surface area contributed by atoms with Gasteiger partial charge in [0.2, 0.25) is 0 Å². The summed E-state index contributed by atoms with van der Waals surface area (Å²) in [6.07, 6.45) is 3.10. The van der Waals surface area contributed by atoms with E-state index in [0.29, 0.717) is 5.41 Å². The lowest BCUT2D eigenvalue weighted by molar-refractivity contribution is 0.0513. The van der Waals surface area contributed by atoms with Crippen molar-refractivity contribution in [1.82, 2.24) is 0 Å². The van der Waals surface area contributed by atoms with Gasteiger partial charge >= 0.3 is 0 Å². The second-order valence-electron chi connectivity index (χ2n) is 6.33. The highest BCUT2D eigenvalue weighted by Gasteiger charge is 2.22. The predicted octanol–water partition coefficient (Wildman–Crippen LogP) is 3.61. The molecule has 0 aromatic carbocycles. The summed E-state index contributed by atoms with van der Waals surface area (Å²) in [6, 6.07) is 0. The van der Waals surface area contributed by atoms with Crippen molar-refractivity contribution in [3.8, 4) is 0 Å². The van der Waals surface area contributed by atoms with Crippen molar-refractivity contribution in [2.24, 2.45) is 10.8 Å². The van der Waals surface area contributed by atoms with Gasteiger partial charge in [-0.3, -0.25) is 0 Å². The molecule has 0 aliphatic rings. The smallest absolute Gasteiger partial charge is 0.0588 e. The normalized spacial score (nSPS) is 15.9. The Kier molecular flexibility index (Phi) is 4.44. The van der Waals surface area contributed by atoms with E-state index in [9.17, 15) is 5.11 Å². The molecule has 0 aromatic heterocycles. The highest BCUT2D eigenvalue weighted by Crippen LogP contribution is 2.27. The van der Waals surface area contributed by atoms with Crippen LogP contribution in [-0.2, 0) is 0 Å². The van der Waals surface area contributed by atoms with Crippen LogP contribution in [0.2, 0.25) is 0 Å². The SMILES string of the molecule is CC(C)(C)CCCC(O)C(C)(C)C. The van der Waals surface area contributed by atoms with E-state index in [1.807, 2.05) is 0 Å². The van der Waals surface area contributed by atoms with E-state index in [-0.39, 0.29) is 11.5 Å². The molecule has 0 saturated heterocycles. The first-order valence-corrected chi connectivity index (χ1v) is 5.31. The van der Waals surface area contributed by atoms with Crippen LogP contribution >= 0.6 is 0 Å². The van der Waals surface area contributed by atoms with Crippen LogP contribution in [0.3, 0.4) is 0 Å². The van der Waals surface area contributed by atoms with Gasteiger partial charge in [0, 0.05) is 0 Å². The Balaban J connectivity index is 3.67. The van der Waals surface area contributed by atoms with E-state index in [1.54, 1.807) is 0 Å². The van der Waals surface area contributed by atoms with Gasteiger partial charge in [0.25, 0.3) is 0 Å². The van der Waals surface area contributed by atoms with Crippen LogP contribution in [0.1, 0.15) is 60.8 Å². The van der Waals surface area contributed by atoms with Gasteiger partial charge in [0.15, 0.2) is 0 Å². The molecule has 0 heterocycles. The molecule has 0 saturated carbocycles. The van der Waals surface area contributed by atoms with Gasteiger partial charge < -0.3 is 5.11 Å². The number of rotatable bonds is 3. The van der Waals surface area contributed by atoms with Crippen molar-refractivity contribution < 1.29 is 5.11 Å². The quantitative estimate of drug-likeness (QED) is 0.714. The van der Waals surface area contributed by atoms with Crippen LogP contribution in [0.15, 0.2) is 0 Å². The van der Waals surface area contributed by atoms with Crippen molar-refractivity contribution in [2.45, 2.75) is 66.9 Å². The van der Waals surface area contributed by atoms with Gasteiger partial charge in [-0.05, 0) is 23.7 Å². The zero-order valence-electron chi connectivity index (χ0n) is 10.1. The molecule has 0 fully saturated rings. The third-order valence-corrected chi connectivity index (χ3v) is 2.40. The van der Waals surface area contributed by atoms with Crippen LogP contribution < -0.4 is 0 Å². The van der Waals surface area contributed by atoms with Gasteiger partial charge in [-0.2, -0.15) is 0 Å². The Morgan fingerprint density at radius 2 is 1.46 bits per heavy atom. The summed E-state index contributed by atoms with van der Waals surface area (Å²) < 4.78 is 0. The number of hydrogen-bond donors (Lipinski definition) is 1. The molecular weight excluding hydrogens is 160 g/mol. The molecule has 13 heavy (non-hydrogen) atoms. The van der Waals surface area contributed by atoms with Crippen LogP contribution in [0.25, 0.3) is 0 Å². The molecule has 1 nitrogen and oxygen atoms in total. The van der Waals surface area contributed by atoms with E-state index >= 15 is 0 Å². The molecule has 0 aromatic rings. The Labute approximate surface area is 83.5 Å². The number of aliphatic hydroxyl groups is 1. The zero-order valence-corrected chi connectivity index (χ0v) is 10.1.